The van der Waals surface area contributed by atoms with Crippen LogP contribution in [0.25, 0.3) is 0 Å². The summed E-state index contributed by atoms with van der Waals surface area (Å²) < 4.78 is 0. The lowest BCUT2D eigenvalue weighted by molar-refractivity contribution is 0.259. The van der Waals surface area contributed by atoms with Gasteiger partial charge in [-0.15, -0.1) is 10.2 Å². The molecule has 5 nitrogen and oxygen atoms in total. The summed E-state index contributed by atoms with van der Waals surface area (Å²) in [6.45, 7) is 0. The number of hydrogen-bond donors (Lipinski definition) is 2. The van der Waals surface area contributed by atoms with Crippen molar-refractivity contribution in [1.29, 1.82) is 0 Å². The highest BCUT2D eigenvalue weighted by Crippen LogP contribution is 2.12. The highest BCUT2D eigenvalue weighted by molar-refractivity contribution is 7.79. The van der Waals surface area contributed by atoms with Crippen molar-refractivity contribution in [2.45, 2.75) is 0 Å². The molecule has 0 aromatic carbocycles. The van der Waals surface area contributed by atoms with Crippen LogP contribution in [0.5, 0.6) is 0 Å². The van der Waals surface area contributed by atoms with Crippen molar-refractivity contribution in [3.8, 4) is 0 Å². The summed E-state index contributed by atoms with van der Waals surface area (Å²) in [5.41, 5.74) is 4.83. The van der Waals surface area contributed by atoms with Crippen molar-refractivity contribution in [3.63, 3.8) is 0 Å². The molecular formula is C4H4N4OS2. The Kier molecular flexibility index (Phi) is 2.44. The van der Waals surface area contributed by atoms with Gasteiger partial charge in [-0.1, -0.05) is 23.6 Å². The van der Waals surface area contributed by atoms with E-state index in [-0.39, 0.29) is 0 Å². The van der Waals surface area contributed by atoms with Crippen molar-refractivity contribution < 1.29 is 4.79 Å². The van der Waals surface area contributed by atoms with Crippen LogP contribution < -0.4 is 11.1 Å². The maximum absolute atomic E-state index is 10.3. The highest BCUT2D eigenvalue weighted by Gasteiger charge is 2.01. The first-order valence-corrected chi connectivity index (χ1v) is 3.86. The smallest absolute Gasteiger partial charge is 0.318 e. The van der Waals surface area contributed by atoms with Crippen LogP contribution in [0.4, 0.5) is 9.93 Å². The molecule has 1 aromatic heterocycles. The first-order chi connectivity index (χ1) is 5.22. The van der Waals surface area contributed by atoms with E-state index in [1.807, 2.05) is 0 Å². The maximum Gasteiger partial charge on any atom is 0.318 e. The first-order valence-electron chi connectivity index (χ1n) is 2.57. The van der Waals surface area contributed by atoms with Crippen molar-refractivity contribution >= 4 is 40.1 Å². The van der Waals surface area contributed by atoms with Crippen LogP contribution in [0.3, 0.4) is 0 Å². The lowest BCUT2D eigenvalue weighted by Gasteiger charge is -1.89. The maximum atomic E-state index is 10.3. The Balaban J connectivity index is 2.72. The fraction of sp³-hybridized carbons (Fsp3) is 0. The molecule has 3 N–H and O–H groups in total. The van der Waals surface area contributed by atoms with Gasteiger partial charge in [0.05, 0.1) is 0 Å². The number of primary amides is 1. The molecule has 0 unspecified atom stereocenters. The van der Waals surface area contributed by atoms with E-state index in [1.54, 1.807) is 0 Å². The summed E-state index contributed by atoms with van der Waals surface area (Å²) in [5.74, 6) is 0. The lowest BCUT2D eigenvalue weighted by Crippen LogP contribution is -2.18. The minimum atomic E-state index is -0.655. The number of amides is 2. The Morgan fingerprint density at radius 3 is 2.91 bits per heavy atom. The second-order valence-corrected chi connectivity index (χ2v) is 2.80. The summed E-state index contributed by atoms with van der Waals surface area (Å²) in [6.07, 6.45) is 0. The molecule has 58 valence electrons. The lowest BCUT2D eigenvalue weighted by atomic mass is 10.9. The molecule has 1 heterocycles. The zero-order chi connectivity index (χ0) is 8.27. The Hall–Kier alpha value is -1.08. The molecule has 0 saturated heterocycles. The number of anilines is 1. The summed E-state index contributed by atoms with van der Waals surface area (Å²) in [7, 11) is 0. The first kappa shape index (κ1) is 8.02. The van der Waals surface area contributed by atoms with Crippen LogP contribution in [0.2, 0.25) is 0 Å². The predicted molar refractivity (Wildman–Crippen MR) is 45.9 cm³/mol. The zero-order valence-electron chi connectivity index (χ0n) is 5.27. The number of nitrogens with zero attached hydrogens (tertiary/aromatic N) is 2. The summed E-state index contributed by atoms with van der Waals surface area (Å²) >= 11 is 5.75. The summed E-state index contributed by atoms with van der Waals surface area (Å²) in [4.78, 5) is 10.3. The van der Waals surface area contributed by atoms with Gasteiger partial charge in [0.2, 0.25) is 5.13 Å². The third-order valence-electron chi connectivity index (χ3n) is 0.772. The minimum absolute atomic E-state index is 0.355. The Morgan fingerprint density at radius 2 is 2.45 bits per heavy atom. The fourth-order valence-electron chi connectivity index (χ4n) is 0.438. The molecule has 1 rings (SSSR count). The van der Waals surface area contributed by atoms with E-state index in [0.717, 1.165) is 0 Å². The normalized spacial score (nSPS) is 9.09. The molecular weight excluding hydrogens is 184 g/mol. The van der Waals surface area contributed by atoms with Crippen LogP contribution in [-0.2, 0) is 0 Å². The van der Waals surface area contributed by atoms with Gasteiger partial charge < -0.3 is 5.73 Å². The molecule has 0 atom stereocenters. The zero-order valence-corrected chi connectivity index (χ0v) is 6.91. The molecule has 0 spiro atoms. The molecule has 11 heavy (non-hydrogen) atoms. The Bertz CT molecular complexity index is 283. The Morgan fingerprint density at radius 1 is 1.73 bits per heavy atom. The van der Waals surface area contributed by atoms with Crippen molar-refractivity contribution in [1.82, 2.24) is 10.2 Å². The van der Waals surface area contributed by atoms with Gasteiger partial charge in [0.1, 0.15) is 0 Å². The van der Waals surface area contributed by atoms with Crippen LogP contribution >= 0.6 is 23.6 Å². The second-order valence-electron chi connectivity index (χ2n) is 1.55. The van der Waals surface area contributed by atoms with Gasteiger partial charge in [0, 0.05) is 5.37 Å². The number of rotatable bonds is 2. The van der Waals surface area contributed by atoms with Gasteiger partial charge in [-0.2, -0.15) is 0 Å². The molecule has 0 aliphatic carbocycles. The molecule has 0 aliphatic heterocycles. The largest absolute Gasteiger partial charge is 0.351 e. The van der Waals surface area contributed by atoms with Crippen molar-refractivity contribution in [3.05, 3.63) is 5.01 Å². The average molecular weight is 188 g/mol. The standard InChI is InChI=1S/C4H4N4OS2/c5-3(9)6-4-8-7-2(1-10)11-4/h1H,(H3,5,6,8,9). The molecule has 0 fully saturated rings. The average Bonchev–Trinajstić information content (AvgIpc) is 2.34. The number of thiocarbonyl (C=S) groups is 1. The molecule has 2 amide bonds. The number of nitrogens with one attached hydrogen (secondary N) is 1. The fourth-order valence-corrected chi connectivity index (χ4v) is 1.19. The van der Waals surface area contributed by atoms with Crippen LogP contribution in [0, 0.1) is 0 Å². The van der Waals surface area contributed by atoms with E-state index in [2.05, 4.69) is 27.7 Å². The van der Waals surface area contributed by atoms with Crippen molar-refractivity contribution in [2.75, 3.05) is 5.32 Å². The SMILES string of the molecule is NC(=O)Nc1nnc(C=S)s1. The summed E-state index contributed by atoms with van der Waals surface area (Å²) in [6, 6.07) is -0.655. The van der Waals surface area contributed by atoms with Gasteiger partial charge >= 0.3 is 6.03 Å². The molecule has 1 aromatic rings. The van der Waals surface area contributed by atoms with Crippen LogP contribution in [0.1, 0.15) is 5.01 Å². The van der Waals surface area contributed by atoms with Gasteiger partial charge in [-0.25, -0.2) is 4.79 Å². The molecule has 7 heteroatoms. The number of urea groups is 1. The molecule has 0 aliphatic rings. The van der Waals surface area contributed by atoms with Crippen LogP contribution in [0.15, 0.2) is 0 Å². The Labute approximate surface area is 71.6 Å². The van der Waals surface area contributed by atoms with E-state index in [9.17, 15) is 4.79 Å². The van der Waals surface area contributed by atoms with Gasteiger partial charge in [0.15, 0.2) is 5.01 Å². The number of nitrogens with two attached hydrogens (primary N) is 1. The van der Waals surface area contributed by atoms with E-state index >= 15 is 0 Å². The molecule has 0 radical (unpaired) electrons. The third kappa shape index (κ3) is 2.20. The van der Waals surface area contributed by atoms with E-state index in [4.69, 9.17) is 5.73 Å². The number of carbonyl (C=O) groups excluding carboxylic acids is 1. The second kappa shape index (κ2) is 3.35. The van der Waals surface area contributed by atoms with Gasteiger partial charge in [0.25, 0.3) is 0 Å². The molecule has 0 saturated carbocycles. The minimum Gasteiger partial charge on any atom is -0.351 e. The van der Waals surface area contributed by atoms with E-state index in [0.29, 0.717) is 10.1 Å². The molecule has 0 bridgehead atoms. The topological polar surface area (TPSA) is 80.9 Å². The quantitative estimate of drug-likeness (QED) is 0.657. The van der Waals surface area contributed by atoms with Gasteiger partial charge in [-0.05, 0) is 0 Å². The summed E-state index contributed by atoms with van der Waals surface area (Å²) in [5, 5.41) is 11.8. The van der Waals surface area contributed by atoms with Crippen molar-refractivity contribution in [2.24, 2.45) is 5.73 Å². The predicted octanol–water partition coefficient (Wildman–Crippen LogP) is 0.377. The van der Waals surface area contributed by atoms with E-state index in [1.165, 1.54) is 16.7 Å². The number of carbonyl (C=O) groups is 1. The highest BCUT2D eigenvalue weighted by atomic mass is 32.1. The number of hydrogen-bond acceptors (Lipinski definition) is 5. The van der Waals surface area contributed by atoms with Crippen LogP contribution in [-0.4, -0.2) is 21.6 Å². The monoisotopic (exact) mass is 188 g/mol. The van der Waals surface area contributed by atoms with E-state index < -0.39 is 6.03 Å². The number of aromatic nitrogens is 2. The third-order valence-corrected chi connectivity index (χ3v) is 1.93. The van der Waals surface area contributed by atoms with Gasteiger partial charge in [-0.3, -0.25) is 5.32 Å².